The second-order valence-corrected chi connectivity index (χ2v) is 12.9. The quantitative estimate of drug-likeness (QED) is 0.239. The van der Waals surface area contributed by atoms with E-state index in [0.717, 1.165) is 21.4 Å². The van der Waals surface area contributed by atoms with Gasteiger partial charge in [0, 0.05) is 24.2 Å². The number of pyridine rings is 1. The van der Waals surface area contributed by atoms with Crippen molar-refractivity contribution in [1.82, 2.24) is 19.7 Å². The maximum Gasteiger partial charge on any atom is 0.231 e. The molecule has 8 nitrogen and oxygen atoms in total. The number of nitrogens with one attached hydrogen (secondary N) is 1. The molecule has 3 N–H and O–H groups in total. The molecule has 3 aromatic heterocycles. The first-order chi connectivity index (χ1) is 17.9. The van der Waals surface area contributed by atoms with Gasteiger partial charge in [0.2, 0.25) is 10.0 Å². The Morgan fingerprint density at radius 3 is 2.53 bits per heavy atom. The van der Waals surface area contributed by atoms with Gasteiger partial charge in [0.15, 0.2) is 15.8 Å². The van der Waals surface area contributed by atoms with Crippen molar-refractivity contribution in [3.05, 3.63) is 64.3 Å². The van der Waals surface area contributed by atoms with Gasteiger partial charge >= 0.3 is 0 Å². The number of fused-ring (bicyclic) bond motifs is 2. The summed E-state index contributed by atoms with van der Waals surface area (Å²) < 4.78 is 57.3. The smallest absolute Gasteiger partial charge is 0.231 e. The van der Waals surface area contributed by atoms with Gasteiger partial charge in [0.25, 0.3) is 0 Å². The molecule has 3 heterocycles. The van der Waals surface area contributed by atoms with Crippen LogP contribution in [0.5, 0.6) is 0 Å². The molecule has 0 saturated carbocycles. The van der Waals surface area contributed by atoms with E-state index in [1.807, 2.05) is 12.3 Å². The van der Waals surface area contributed by atoms with Crippen LogP contribution in [0.3, 0.4) is 0 Å². The first-order valence-corrected chi connectivity index (χ1v) is 15.4. The molecule has 198 valence electrons. The molecular formula is C24H21ClF2N6O2S3. The summed E-state index contributed by atoms with van der Waals surface area (Å²) in [5.41, 5.74) is 9.83. The standard InChI is InChI=1S/C24H21ClF2N6O2S3/c1-33-21-14(4-5-16(25)19(21)23(31-33)32-38(3,34)35)15-10-18-22(30-24(36-2)37-18)29-20(15)17(28)8-11-6-12(26)9-13(27)7-11/h4-7,9-10,17H,8,28H2,1-3H3,(H,31,32). The highest BCUT2D eigenvalue weighted by atomic mass is 35.5. The van der Waals surface area contributed by atoms with Crippen molar-refractivity contribution in [2.45, 2.75) is 16.8 Å². The first-order valence-electron chi connectivity index (χ1n) is 11.1. The zero-order valence-corrected chi connectivity index (χ0v) is 23.5. The zero-order chi connectivity index (χ0) is 27.4. The lowest BCUT2D eigenvalue weighted by Gasteiger charge is -2.17. The molecule has 5 rings (SSSR count). The summed E-state index contributed by atoms with van der Waals surface area (Å²) in [6.45, 7) is 0. The number of thiazole rings is 1. The van der Waals surface area contributed by atoms with E-state index in [0.29, 0.717) is 44.0 Å². The minimum Gasteiger partial charge on any atom is -0.322 e. The molecule has 0 aliphatic heterocycles. The van der Waals surface area contributed by atoms with Gasteiger partial charge in [-0.15, -0.1) is 11.3 Å². The molecule has 0 fully saturated rings. The average molecular weight is 595 g/mol. The molecule has 2 aromatic carbocycles. The van der Waals surface area contributed by atoms with Crippen LogP contribution >= 0.6 is 34.7 Å². The van der Waals surface area contributed by atoms with Gasteiger partial charge in [0.05, 0.1) is 38.6 Å². The SMILES string of the molecule is CSc1nc2nc(C(N)Cc3cc(F)cc(F)c3)c(-c3ccc(Cl)c4c(NS(C)(=O)=O)nn(C)c34)cc2s1. The molecule has 0 aliphatic carbocycles. The van der Waals surface area contributed by atoms with Crippen LogP contribution in [0.15, 0.2) is 40.7 Å². The number of nitrogens with two attached hydrogens (primary N) is 1. The summed E-state index contributed by atoms with van der Waals surface area (Å²) in [6, 6.07) is 7.88. The number of hydrogen-bond acceptors (Lipinski definition) is 8. The number of nitrogens with zero attached hydrogens (tertiary/aromatic N) is 4. The number of aromatic nitrogens is 4. The molecule has 14 heteroatoms. The van der Waals surface area contributed by atoms with Crippen molar-refractivity contribution in [2.75, 3.05) is 17.2 Å². The number of hydrogen-bond donors (Lipinski definition) is 2. The predicted molar refractivity (Wildman–Crippen MR) is 149 cm³/mol. The van der Waals surface area contributed by atoms with E-state index in [1.165, 1.54) is 39.9 Å². The molecule has 0 spiro atoms. The maximum absolute atomic E-state index is 13.9. The molecule has 1 atom stereocenters. The number of rotatable bonds is 7. The van der Waals surface area contributed by atoms with E-state index in [2.05, 4.69) is 14.8 Å². The van der Waals surface area contributed by atoms with Crippen LogP contribution in [0.2, 0.25) is 5.02 Å². The summed E-state index contributed by atoms with van der Waals surface area (Å²) in [6.07, 6.45) is 3.06. The lowest BCUT2D eigenvalue weighted by molar-refractivity contribution is 0.576. The third-order valence-corrected chi connectivity index (χ3v) is 8.66. The summed E-state index contributed by atoms with van der Waals surface area (Å²) in [7, 11) is -1.95. The highest BCUT2D eigenvalue weighted by Crippen LogP contribution is 2.41. The van der Waals surface area contributed by atoms with Crippen LogP contribution in [0.4, 0.5) is 14.6 Å². The van der Waals surface area contributed by atoms with Gasteiger partial charge in [0.1, 0.15) is 11.6 Å². The van der Waals surface area contributed by atoms with Crippen LogP contribution < -0.4 is 10.5 Å². The van der Waals surface area contributed by atoms with E-state index >= 15 is 0 Å². The van der Waals surface area contributed by atoms with E-state index in [1.54, 1.807) is 19.2 Å². The Kier molecular flexibility index (Phi) is 7.07. The molecule has 38 heavy (non-hydrogen) atoms. The second kappa shape index (κ2) is 10.0. The number of benzene rings is 2. The minimum absolute atomic E-state index is 0.0921. The summed E-state index contributed by atoms with van der Waals surface area (Å²) in [5.74, 6) is -1.30. The molecule has 0 saturated heterocycles. The van der Waals surface area contributed by atoms with Gasteiger partial charge in [-0.05, 0) is 42.5 Å². The largest absolute Gasteiger partial charge is 0.322 e. The number of aryl methyl sites for hydroxylation is 1. The van der Waals surface area contributed by atoms with E-state index < -0.39 is 27.7 Å². The second-order valence-electron chi connectivity index (χ2n) is 8.68. The predicted octanol–water partition coefficient (Wildman–Crippen LogP) is 5.51. The number of sulfonamides is 1. The molecule has 0 bridgehead atoms. The fourth-order valence-electron chi connectivity index (χ4n) is 4.36. The lowest BCUT2D eigenvalue weighted by atomic mass is 9.94. The molecule has 0 radical (unpaired) electrons. The van der Waals surface area contributed by atoms with Crippen molar-refractivity contribution in [1.29, 1.82) is 0 Å². The van der Waals surface area contributed by atoms with Gasteiger partial charge in [-0.3, -0.25) is 9.40 Å². The molecule has 0 aliphatic rings. The highest BCUT2D eigenvalue weighted by Gasteiger charge is 2.24. The monoisotopic (exact) mass is 594 g/mol. The Morgan fingerprint density at radius 2 is 1.87 bits per heavy atom. The van der Waals surface area contributed by atoms with E-state index in [9.17, 15) is 17.2 Å². The number of halogens is 3. The summed E-state index contributed by atoms with van der Waals surface area (Å²) >= 11 is 9.47. The Labute approximate surface area is 230 Å². The van der Waals surface area contributed by atoms with Gasteiger partial charge in [-0.1, -0.05) is 29.4 Å². The Hall–Kier alpha value is -2.84. The molecule has 1 unspecified atom stereocenters. The normalized spacial score (nSPS) is 12.9. The summed E-state index contributed by atoms with van der Waals surface area (Å²) in [5, 5.41) is 5.08. The van der Waals surface area contributed by atoms with Gasteiger partial charge in [-0.2, -0.15) is 5.10 Å². The van der Waals surface area contributed by atoms with Crippen LogP contribution in [0.1, 0.15) is 17.3 Å². The van der Waals surface area contributed by atoms with E-state index in [-0.39, 0.29) is 12.2 Å². The maximum atomic E-state index is 13.9. The third-order valence-electron chi connectivity index (χ3n) is 5.81. The third kappa shape index (κ3) is 5.21. The van der Waals surface area contributed by atoms with Crippen molar-refractivity contribution in [2.24, 2.45) is 12.8 Å². The van der Waals surface area contributed by atoms with E-state index in [4.69, 9.17) is 22.3 Å². The molecular weight excluding hydrogens is 574 g/mol. The highest BCUT2D eigenvalue weighted by molar-refractivity contribution is 8.00. The van der Waals surface area contributed by atoms with Crippen LogP contribution in [0, 0.1) is 11.6 Å². The Balaban J connectivity index is 1.74. The van der Waals surface area contributed by atoms with Gasteiger partial charge in [-0.25, -0.2) is 27.2 Å². The topological polar surface area (TPSA) is 116 Å². The van der Waals surface area contributed by atoms with Crippen molar-refractivity contribution < 1.29 is 17.2 Å². The van der Waals surface area contributed by atoms with Crippen molar-refractivity contribution >= 4 is 71.8 Å². The first kappa shape index (κ1) is 26.8. The summed E-state index contributed by atoms with van der Waals surface area (Å²) in [4.78, 5) is 9.35. The molecule has 5 aromatic rings. The van der Waals surface area contributed by atoms with Crippen LogP contribution in [-0.4, -0.2) is 40.7 Å². The van der Waals surface area contributed by atoms with Crippen molar-refractivity contribution in [3.63, 3.8) is 0 Å². The van der Waals surface area contributed by atoms with Gasteiger partial charge < -0.3 is 5.73 Å². The number of thioether (sulfide) groups is 1. The zero-order valence-electron chi connectivity index (χ0n) is 20.3. The lowest BCUT2D eigenvalue weighted by Crippen LogP contribution is -2.17. The molecule has 0 amide bonds. The van der Waals surface area contributed by atoms with Crippen LogP contribution in [-0.2, 0) is 23.5 Å². The fourth-order valence-corrected chi connectivity index (χ4v) is 6.56. The number of anilines is 1. The Morgan fingerprint density at radius 1 is 1.16 bits per heavy atom. The minimum atomic E-state index is -3.63. The Bertz CT molecular complexity index is 1800. The fraction of sp³-hybridized carbons (Fsp3) is 0.208. The van der Waals surface area contributed by atoms with Crippen LogP contribution in [0.25, 0.3) is 32.4 Å². The van der Waals surface area contributed by atoms with Crippen molar-refractivity contribution in [3.8, 4) is 11.1 Å². The average Bonchev–Trinajstić information content (AvgIpc) is 3.37.